The lowest BCUT2D eigenvalue weighted by Gasteiger charge is -1.98. The lowest BCUT2D eigenvalue weighted by Crippen LogP contribution is -1.95. The van der Waals surface area contributed by atoms with Gasteiger partial charge in [-0.05, 0) is 18.2 Å². The number of nitrogens with one attached hydrogen (secondary N) is 2. The molecule has 0 amide bonds. The zero-order valence-corrected chi connectivity index (χ0v) is 9.19. The molecule has 2 aromatic rings. The minimum Gasteiger partial charge on any atom is -0.500 e. The number of hydrogen-bond acceptors (Lipinski definition) is 5. The summed E-state index contributed by atoms with van der Waals surface area (Å²) in [6, 6.07) is 4.71. The average Bonchev–Trinajstić information content (AvgIpc) is 2.62. The Balaban J connectivity index is 2.35. The van der Waals surface area contributed by atoms with Crippen molar-refractivity contribution >= 4 is 28.8 Å². The fourth-order valence-electron chi connectivity index (χ4n) is 1.12. The van der Waals surface area contributed by atoms with Crippen LogP contribution in [0.5, 0.6) is 5.75 Å². The topological polar surface area (TPSA) is 120 Å². The summed E-state index contributed by atoms with van der Waals surface area (Å²) in [6.45, 7) is 0. The Kier molecular flexibility index (Phi) is 2.84. The Labute approximate surface area is 99.9 Å². The van der Waals surface area contributed by atoms with Crippen molar-refractivity contribution in [3.05, 3.63) is 33.6 Å². The Morgan fingerprint density at radius 1 is 1.29 bits per heavy atom. The van der Waals surface area contributed by atoms with E-state index in [0.717, 1.165) is 0 Å². The van der Waals surface area contributed by atoms with E-state index in [4.69, 9.17) is 17.3 Å². The maximum Gasteiger partial charge on any atom is 0.308 e. The normalized spacial score (nSPS) is 11.1. The third-order valence-corrected chi connectivity index (χ3v) is 2.22. The van der Waals surface area contributed by atoms with Gasteiger partial charge in [-0.15, -0.1) is 10.2 Å². The lowest BCUT2D eigenvalue weighted by molar-refractivity contribution is 0.471. The van der Waals surface area contributed by atoms with Gasteiger partial charge in [0.2, 0.25) is 11.6 Å². The molecule has 88 valence electrons. The molecule has 0 radical (unpaired) electrons. The van der Waals surface area contributed by atoms with Crippen molar-refractivity contribution in [2.45, 2.75) is 0 Å². The van der Waals surface area contributed by atoms with Gasteiger partial charge in [-0.2, -0.15) is 0 Å². The second-order valence-electron chi connectivity index (χ2n) is 3.18. The molecular formula is C9H8ClN5O2. The molecule has 2 rings (SSSR count). The van der Waals surface area contributed by atoms with Gasteiger partial charge in [-0.3, -0.25) is 15.0 Å². The van der Waals surface area contributed by atoms with Crippen LogP contribution in [0.2, 0.25) is 5.02 Å². The molecule has 0 aliphatic carbocycles. The van der Waals surface area contributed by atoms with Crippen molar-refractivity contribution in [1.82, 2.24) is 10.2 Å². The van der Waals surface area contributed by atoms with Gasteiger partial charge >= 0.3 is 5.56 Å². The molecule has 0 unspecified atom stereocenters. The number of anilines is 1. The van der Waals surface area contributed by atoms with Gasteiger partial charge in [0.15, 0.2) is 0 Å². The van der Waals surface area contributed by atoms with E-state index in [0.29, 0.717) is 16.4 Å². The molecule has 0 aliphatic rings. The number of nitrogen functional groups attached to an aromatic ring is 1. The van der Waals surface area contributed by atoms with E-state index in [9.17, 15) is 9.90 Å². The lowest BCUT2D eigenvalue weighted by atomic mass is 10.3. The Hall–Kier alpha value is -2.28. The van der Waals surface area contributed by atoms with E-state index < -0.39 is 11.3 Å². The van der Waals surface area contributed by atoms with Crippen LogP contribution in [-0.4, -0.2) is 15.3 Å². The third-order valence-electron chi connectivity index (χ3n) is 1.98. The monoisotopic (exact) mass is 253 g/mol. The number of halogens is 1. The van der Waals surface area contributed by atoms with E-state index in [-0.39, 0.29) is 5.82 Å². The van der Waals surface area contributed by atoms with Crippen LogP contribution in [0.1, 0.15) is 0 Å². The number of hydrogen-bond donors (Lipinski definition) is 4. The van der Waals surface area contributed by atoms with Gasteiger partial charge in [0.1, 0.15) is 5.69 Å². The van der Waals surface area contributed by atoms with E-state index in [1.165, 1.54) is 6.07 Å². The quantitative estimate of drug-likeness (QED) is 0.484. The van der Waals surface area contributed by atoms with Gasteiger partial charge < -0.3 is 10.8 Å². The second kappa shape index (κ2) is 4.30. The molecule has 0 aliphatic heterocycles. The molecule has 0 spiro atoms. The summed E-state index contributed by atoms with van der Waals surface area (Å²) < 4.78 is 0. The standard InChI is InChI=1S/C9H8ClN5O2/c10-4-1-2-5(11)6(3-4)12-13-8-7(16)9(17)15-14-8/h1-3,16H,11H2,(H2,14,15,17). The molecular weight excluding hydrogens is 246 g/mol. The van der Waals surface area contributed by atoms with Crippen molar-refractivity contribution in [2.24, 2.45) is 10.2 Å². The van der Waals surface area contributed by atoms with Crippen LogP contribution in [0.15, 0.2) is 33.2 Å². The van der Waals surface area contributed by atoms with Gasteiger partial charge in [0, 0.05) is 5.02 Å². The molecule has 0 saturated heterocycles. The van der Waals surface area contributed by atoms with Crippen LogP contribution in [0.25, 0.3) is 0 Å². The molecule has 7 nitrogen and oxygen atoms in total. The molecule has 17 heavy (non-hydrogen) atoms. The number of azo groups is 1. The van der Waals surface area contributed by atoms with Crippen LogP contribution in [-0.2, 0) is 0 Å². The van der Waals surface area contributed by atoms with Gasteiger partial charge in [-0.1, -0.05) is 11.6 Å². The highest BCUT2D eigenvalue weighted by atomic mass is 35.5. The molecule has 0 bridgehead atoms. The summed E-state index contributed by atoms with van der Waals surface area (Å²) in [6.07, 6.45) is 0. The van der Waals surface area contributed by atoms with Gasteiger partial charge in [0.25, 0.3) is 0 Å². The maximum atomic E-state index is 10.9. The maximum absolute atomic E-state index is 10.9. The molecule has 0 saturated carbocycles. The third kappa shape index (κ3) is 2.28. The molecule has 1 aromatic carbocycles. The predicted molar refractivity (Wildman–Crippen MR) is 63.1 cm³/mol. The van der Waals surface area contributed by atoms with Crippen LogP contribution >= 0.6 is 11.6 Å². The van der Waals surface area contributed by atoms with Crippen molar-refractivity contribution in [2.75, 3.05) is 5.73 Å². The summed E-state index contributed by atoms with van der Waals surface area (Å²) >= 11 is 5.76. The van der Waals surface area contributed by atoms with Crippen LogP contribution in [0, 0.1) is 0 Å². The summed E-state index contributed by atoms with van der Waals surface area (Å²) in [7, 11) is 0. The highest BCUT2D eigenvalue weighted by Crippen LogP contribution is 2.28. The molecule has 0 atom stereocenters. The largest absolute Gasteiger partial charge is 0.500 e. The number of aromatic amines is 2. The van der Waals surface area contributed by atoms with Crippen LogP contribution in [0.4, 0.5) is 17.2 Å². The summed E-state index contributed by atoms with van der Waals surface area (Å²) in [5.74, 6) is -0.608. The predicted octanol–water partition coefficient (Wildman–Crippen LogP) is 2.06. The van der Waals surface area contributed by atoms with E-state index in [1.54, 1.807) is 12.1 Å². The minimum atomic E-state index is -0.669. The molecule has 5 N–H and O–H groups in total. The van der Waals surface area contributed by atoms with Gasteiger partial charge in [-0.25, -0.2) is 0 Å². The molecule has 8 heteroatoms. The Morgan fingerprint density at radius 3 is 2.71 bits per heavy atom. The van der Waals surface area contributed by atoms with Crippen LogP contribution in [0.3, 0.4) is 0 Å². The van der Waals surface area contributed by atoms with E-state index >= 15 is 0 Å². The van der Waals surface area contributed by atoms with Gasteiger partial charge in [0.05, 0.1) is 5.69 Å². The Morgan fingerprint density at radius 2 is 2.06 bits per heavy atom. The number of nitrogens with two attached hydrogens (primary N) is 1. The number of aromatic nitrogens is 2. The average molecular weight is 254 g/mol. The van der Waals surface area contributed by atoms with Crippen molar-refractivity contribution in [3.8, 4) is 5.75 Å². The molecule has 0 fully saturated rings. The fraction of sp³-hybridized carbons (Fsp3) is 0. The first-order valence-corrected chi connectivity index (χ1v) is 4.92. The first kappa shape index (κ1) is 11.2. The number of rotatable bonds is 2. The summed E-state index contributed by atoms with van der Waals surface area (Å²) in [5, 5.41) is 21.7. The zero-order valence-electron chi connectivity index (χ0n) is 8.44. The number of benzene rings is 1. The van der Waals surface area contributed by atoms with E-state index in [2.05, 4.69) is 20.4 Å². The second-order valence-corrected chi connectivity index (χ2v) is 3.62. The van der Waals surface area contributed by atoms with Crippen molar-refractivity contribution in [1.29, 1.82) is 0 Å². The number of nitrogens with zero attached hydrogens (tertiary/aromatic N) is 2. The van der Waals surface area contributed by atoms with E-state index in [1.807, 2.05) is 0 Å². The minimum absolute atomic E-state index is 0.0747. The van der Waals surface area contributed by atoms with Crippen molar-refractivity contribution < 1.29 is 5.11 Å². The number of H-pyrrole nitrogens is 2. The first-order chi connectivity index (χ1) is 8.08. The first-order valence-electron chi connectivity index (χ1n) is 4.54. The van der Waals surface area contributed by atoms with Crippen molar-refractivity contribution in [3.63, 3.8) is 0 Å². The highest BCUT2D eigenvalue weighted by molar-refractivity contribution is 6.31. The zero-order chi connectivity index (χ0) is 12.4. The smallest absolute Gasteiger partial charge is 0.308 e. The van der Waals surface area contributed by atoms with Crippen LogP contribution < -0.4 is 11.3 Å². The summed E-state index contributed by atoms with van der Waals surface area (Å²) in [4.78, 5) is 10.9. The fourth-order valence-corrected chi connectivity index (χ4v) is 1.29. The SMILES string of the molecule is Nc1ccc(Cl)cc1N=Nc1[nH][nH]c(=O)c1O. The summed E-state index contributed by atoms with van der Waals surface area (Å²) in [5.41, 5.74) is 5.70. The Bertz CT molecular complexity index is 631. The number of aromatic hydroxyl groups is 1. The molecule has 1 aromatic heterocycles. The molecule has 1 heterocycles. The highest BCUT2D eigenvalue weighted by Gasteiger charge is 2.06.